The second-order valence-corrected chi connectivity index (χ2v) is 6.53. The number of hydrogen-bond acceptors (Lipinski definition) is 2. The maximum atomic E-state index is 12.2. The lowest BCUT2D eigenvalue weighted by atomic mass is 10.1. The van der Waals surface area contributed by atoms with Crippen molar-refractivity contribution in [1.29, 1.82) is 0 Å². The van der Waals surface area contributed by atoms with Gasteiger partial charge in [-0.05, 0) is 62.0 Å². The molecule has 0 bridgehead atoms. The van der Waals surface area contributed by atoms with E-state index in [-0.39, 0.29) is 5.91 Å². The van der Waals surface area contributed by atoms with Crippen LogP contribution in [0.2, 0.25) is 0 Å². The molecular weight excluding hydrogens is 296 g/mol. The van der Waals surface area contributed by atoms with E-state index in [1.54, 1.807) is 0 Å². The topological polar surface area (TPSA) is 32.3 Å². The van der Waals surface area contributed by atoms with Gasteiger partial charge in [0.2, 0.25) is 0 Å². The smallest absolute Gasteiger partial charge is 0.251 e. The number of hydrogen-bond donors (Lipinski definition) is 1. The number of likely N-dealkylation sites (tertiary alicyclic amines) is 1. The van der Waals surface area contributed by atoms with Gasteiger partial charge in [0.1, 0.15) is 0 Å². The van der Waals surface area contributed by atoms with Crippen LogP contribution in [-0.4, -0.2) is 30.4 Å². The predicted octanol–water partition coefficient (Wildman–Crippen LogP) is 3.65. The van der Waals surface area contributed by atoms with Crippen LogP contribution in [0, 0.1) is 0 Å². The van der Waals surface area contributed by atoms with Crippen molar-refractivity contribution in [2.75, 3.05) is 19.6 Å². The average molecular weight is 322 g/mol. The van der Waals surface area contributed by atoms with Crippen LogP contribution in [0.4, 0.5) is 0 Å². The van der Waals surface area contributed by atoms with Crippen molar-refractivity contribution in [1.82, 2.24) is 10.2 Å². The van der Waals surface area contributed by atoms with Crippen LogP contribution < -0.4 is 5.32 Å². The van der Waals surface area contributed by atoms with E-state index >= 15 is 0 Å². The van der Waals surface area contributed by atoms with Crippen LogP contribution >= 0.6 is 0 Å². The fraction of sp³-hybridized carbons (Fsp3) is 0.381. The Morgan fingerprint density at radius 1 is 0.917 bits per heavy atom. The number of nitrogens with one attached hydrogen (secondary N) is 1. The van der Waals surface area contributed by atoms with Crippen molar-refractivity contribution < 1.29 is 4.79 Å². The van der Waals surface area contributed by atoms with Crippen molar-refractivity contribution >= 4 is 5.91 Å². The molecule has 1 aliphatic heterocycles. The van der Waals surface area contributed by atoms with Gasteiger partial charge in [0.15, 0.2) is 0 Å². The van der Waals surface area contributed by atoms with Gasteiger partial charge in [-0.2, -0.15) is 0 Å². The fourth-order valence-corrected chi connectivity index (χ4v) is 3.20. The summed E-state index contributed by atoms with van der Waals surface area (Å²) in [6.07, 6.45) is 4.58. The largest absolute Gasteiger partial charge is 0.352 e. The highest BCUT2D eigenvalue weighted by Crippen LogP contribution is 2.13. The minimum absolute atomic E-state index is 0.0239. The van der Waals surface area contributed by atoms with Crippen molar-refractivity contribution in [2.45, 2.75) is 32.2 Å². The van der Waals surface area contributed by atoms with Gasteiger partial charge in [-0.25, -0.2) is 0 Å². The molecular formula is C21H26N2O. The molecule has 126 valence electrons. The van der Waals surface area contributed by atoms with E-state index in [2.05, 4.69) is 46.6 Å². The Morgan fingerprint density at radius 3 is 2.33 bits per heavy atom. The van der Waals surface area contributed by atoms with Gasteiger partial charge in [0, 0.05) is 18.7 Å². The third-order valence-corrected chi connectivity index (χ3v) is 4.59. The van der Waals surface area contributed by atoms with E-state index in [4.69, 9.17) is 0 Å². The summed E-state index contributed by atoms with van der Waals surface area (Å²) in [6, 6.07) is 18.4. The number of carbonyl (C=O) groups is 1. The molecule has 1 fully saturated rings. The summed E-state index contributed by atoms with van der Waals surface area (Å²) < 4.78 is 0. The Bertz CT molecular complexity index is 631. The van der Waals surface area contributed by atoms with E-state index in [0.717, 1.165) is 24.9 Å². The first-order valence-corrected chi connectivity index (χ1v) is 8.95. The van der Waals surface area contributed by atoms with Crippen LogP contribution in [0.25, 0.3) is 0 Å². The third kappa shape index (κ3) is 4.93. The molecule has 2 aromatic carbocycles. The predicted molar refractivity (Wildman–Crippen MR) is 98.0 cm³/mol. The third-order valence-electron chi connectivity index (χ3n) is 4.59. The summed E-state index contributed by atoms with van der Waals surface area (Å²) in [5.41, 5.74) is 3.36. The lowest BCUT2D eigenvalue weighted by Crippen LogP contribution is -2.25. The summed E-state index contributed by atoms with van der Waals surface area (Å²) >= 11 is 0. The molecule has 1 aliphatic rings. The van der Waals surface area contributed by atoms with Gasteiger partial charge >= 0.3 is 0 Å². The number of nitrogens with zero attached hydrogens (tertiary/aromatic N) is 1. The zero-order valence-electron chi connectivity index (χ0n) is 14.2. The summed E-state index contributed by atoms with van der Waals surface area (Å²) in [4.78, 5) is 14.7. The van der Waals surface area contributed by atoms with Gasteiger partial charge in [-0.1, -0.05) is 42.5 Å². The summed E-state index contributed by atoms with van der Waals surface area (Å²) in [5, 5.41) is 3.01. The van der Waals surface area contributed by atoms with Crippen LogP contribution in [0.3, 0.4) is 0 Å². The molecule has 0 spiro atoms. The van der Waals surface area contributed by atoms with Crippen molar-refractivity contribution in [3.05, 3.63) is 71.3 Å². The number of rotatable bonds is 7. The van der Waals surface area contributed by atoms with Gasteiger partial charge in [0.05, 0.1) is 0 Å². The van der Waals surface area contributed by atoms with Gasteiger partial charge < -0.3 is 5.32 Å². The maximum Gasteiger partial charge on any atom is 0.251 e. The Balaban J connectivity index is 1.41. The minimum atomic E-state index is 0.0239. The van der Waals surface area contributed by atoms with E-state index in [1.165, 1.54) is 37.1 Å². The SMILES string of the molecule is O=C(NCCCc1ccccc1)c1ccc(CN2CCCC2)cc1. The lowest BCUT2D eigenvalue weighted by Gasteiger charge is -2.14. The van der Waals surface area contributed by atoms with Gasteiger partial charge in [0.25, 0.3) is 5.91 Å². The minimum Gasteiger partial charge on any atom is -0.352 e. The first-order valence-electron chi connectivity index (χ1n) is 8.95. The average Bonchev–Trinajstić information content (AvgIpc) is 3.13. The first-order chi connectivity index (χ1) is 11.8. The molecule has 0 unspecified atom stereocenters. The normalized spacial score (nSPS) is 14.7. The van der Waals surface area contributed by atoms with E-state index in [1.807, 2.05) is 18.2 Å². The second-order valence-electron chi connectivity index (χ2n) is 6.53. The zero-order valence-corrected chi connectivity index (χ0v) is 14.2. The molecule has 0 radical (unpaired) electrons. The number of aryl methyl sites for hydroxylation is 1. The van der Waals surface area contributed by atoms with Crippen LogP contribution in [-0.2, 0) is 13.0 Å². The van der Waals surface area contributed by atoms with E-state index in [9.17, 15) is 4.79 Å². The molecule has 3 nitrogen and oxygen atoms in total. The van der Waals surface area contributed by atoms with Crippen LogP contribution in [0.15, 0.2) is 54.6 Å². The Hall–Kier alpha value is -2.13. The van der Waals surface area contributed by atoms with Crippen LogP contribution in [0.1, 0.15) is 40.7 Å². The highest BCUT2D eigenvalue weighted by Gasteiger charge is 2.12. The fourth-order valence-electron chi connectivity index (χ4n) is 3.20. The summed E-state index contributed by atoms with van der Waals surface area (Å²) in [7, 11) is 0. The molecule has 0 aliphatic carbocycles. The second kappa shape index (κ2) is 8.65. The molecule has 1 saturated heterocycles. The van der Waals surface area contributed by atoms with E-state index in [0.29, 0.717) is 6.54 Å². The molecule has 1 amide bonds. The van der Waals surface area contributed by atoms with Crippen molar-refractivity contribution in [3.8, 4) is 0 Å². The molecule has 0 aromatic heterocycles. The summed E-state index contributed by atoms with van der Waals surface area (Å²) in [5.74, 6) is 0.0239. The molecule has 2 aromatic rings. The number of carbonyl (C=O) groups excluding carboxylic acids is 1. The van der Waals surface area contributed by atoms with E-state index < -0.39 is 0 Å². The highest BCUT2D eigenvalue weighted by molar-refractivity contribution is 5.94. The Labute approximate surface area is 144 Å². The number of amides is 1. The zero-order chi connectivity index (χ0) is 16.6. The Morgan fingerprint density at radius 2 is 1.62 bits per heavy atom. The monoisotopic (exact) mass is 322 g/mol. The molecule has 3 heteroatoms. The first kappa shape index (κ1) is 16.7. The molecule has 0 saturated carbocycles. The molecule has 3 rings (SSSR count). The quantitative estimate of drug-likeness (QED) is 0.789. The Kier molecular flexibility index (Phi) is 6.02. The van der Waals surface area contributed by atoms with Crippen molar-refractivity contribution in [2.24, 2.45) is 0 Å². The molecule has 1 heterocycles. The van der Waals surface area contributed by atoms with Gasteiger partial charge in [-0.15, -0.1) is 0 Å². The van der Waals surface area contributed by atoms with Crippen molar-refractivity contribution in [3.63, 3.8) is 0 Å². The molecule has 1 N–H and O–H groups in total. The van der Waals surface area contributed by atoms with Gasteiger partial charge in [-0.3, -0.25) is 9.69 Å². The number of benzene rings is 2. The standard InChI is InChI=1S/C21H26N2O/c24-21(22-14-6-9-18-7-2-1-3-8-18)20-12-10-19(11-13-20)17-23-15-4-5-16-23/h1-3,7-8,10-13H,4-6,9,14-17H2,(H,22,24). The summed E-state index contributed by atoms with van der Waals surface area (Å²) in [6.45, 7) is 4.11. The highest BCUT2D eigenvalue weighted by atomic mass is 16.1. The molecule has 24 heavy (non-hydrogen) atoms. The molecule has 0 atom stereocenters. The lowest BCUT2D eigenvalue weighted by molar-refractivity contribution is 0.0953. The maximum absolute atomic E-state index is 12.2. The van der Waals surface area contributed by atoms with Crippen LogP contribution in [0.5, 0.6) is 0 Å².